The summed E-state index contributed by atoms with van der Waals surface area (Å²) in [5.74, 6) is -2.79. The Hall–Kier alpha value is -2.42. The Labute approximate surface area is 133 Å². The minimum Gasteiger partial charge on any atom is -0.480 e. The number of carbonyl (C=O) groups excluding carboxylic acids is 2. The van der Waals surface area contributed by atoms with E-state index < -0.39 is 30.2 Å². The topological polar surface area (TPSA) is 127 Å². The molecule has 2 amide bonds. The van der Waals surface area contributed by atoms with Crippen LogP contribution in [0, 0.1) is 6.92 Å². The zero-order valence-electron chi connectivity index (χ0n) is 11.5. The molecule has 1 atom stereocenters. The van der Waals surface area contributed by atoms with Crippen LogP contribution in [0.1, 0.15) is 22.6 Å². The van der Waals surface area contributed by atoms with Crippen LogP contribution in [0.5, 0.6) is 0 Å². The lowest BCUT2D eigenvalue weighted by molar-refractivity contribution is -0.140. The number of amides is 2. The Kier molecular flexibility index (Phi) is 4.45. The first-order chi connectivity index (χ1) is 10.3. The quantitative estimate of drug-likeness (QED) is 0.706. The van der Waals surface area contributed by atoms with E-state index in [1.165, 1.54) is 4.40 Å². The van der Waals surface area contributed by atoms with Crippen molar-refractivity contribution in [2.45, 2.75) is 19.4 Å². The molecule has 1 unspecified atom stereocenters. The molecule has 2 aromatic rings. The summed E-state index contributed by atoms with van der Waals surface area (Å²) in [6.45, 7) is 1.64. The molecular formula is C13H13BrN4O4. The molecule has 22 heavy (non-hydrogen) atoms. The van der Waals surface area contributed by atoms with Crippen molar-refractivity contribution in [2.75, 3.05) is 0 Å². The van der Waals surface area contributed by atoms with Crippen LogP contribution >= 0.6 is 15.9 Å². The number of imidazole rings is 1. The molecule has 0 aliphatic heterocycles. The lowest BCUT2D eigenvalue weighted by Gasteiger charge is -2.13. The second kappa shape index (κ2) is 6.14. The number of fused-ring (bicyclic) bond motifs is 1. The van der Waals surface area contributed by atoms with Gasteiger partial charge in [-0.25, -0.2) is 9.78 Å². The number of aliphatic carboxylic acids is 1. The van der Waals surface area contributed by atoms with Gasteiger partial charge in [-0.05, 0) is 35.0 Å². The van der Waals surface area contributed by atoms with Gasteiger partial charge in [0.15, 0.2) is 0 Å². The highest BCUT2D eigenvalue weighted by Crippen LogP contribution is 2.17. The van der Waals surface area contributed by atoms with E-state index in [9.17, 15) is 14.4 Å². The number of halogens is 1. The number of aryl methyl sites for hydroxylation is 1. The van der Waals surface area contributed by atoms with E-state index in [4.69, 9.17) is 10.8 Å². The number of carboxylic acids is 1. The number of hydrogen-bond donors (Lipinski definition) is 3. The van der Waals surface area contributed by atoms with E-state index in [0.717, 1.165) is 4.47 Å². The summed E-state index contributed by atoms with van der Waals surface area (Å²) in [7, 11) is 0. The largest absolute Gasteiger partial charge is 0.480 e. The molecule has 0 saturated carbocycles. The lowest BCUT2D eigenvalue weighted by Crippen LogP contribution is -2.43. The summed E-state index contributed by atoms with van der Waals surface area (Å²) in [4.78, 5) is 38.6. The molecule has 116 valence electrons. The molecule has 2 heterocycles. The Morgan fingerprint density at radius 2 is 2.14 bits per heavy atom. The minimum atomic E-state index is -1.39. The third kappa shape index (κ3) is 3.25. The highest BCUT2D eigenvalue weighted by molar-refractivity contribution is 9.10. The van der Waals surface area contributed by atoms with E-state index in [-0.39, 0.29) is 5.69 Å². The van der Waals surface area contributed by atoms with Crippen LogP contribution in [0.15, 0.2) is 22.8 Å². The van der Waals surface area contributed by atoms with Crippen LogP contribution in [0.3, 0.4) is 0 Å². The van der Waals surface area contributed by atoms with E-state index in [1.807, 2.05) is 0 Å². The molecule has 8 nitrogen and oxygen atoms in total. The monoisotopic (exact) mass is 368 g/mol. The molecule has 0 bridgehead atoms. The summed E-state index contributed by atoms with van der Waals surface area (Å²) < 4.78 is 2.27. The number of nitrogens with zero attached hydrogens (tertiary/aromatic N) is 2. The van der Waals surface area contributed by atoms with Gasteiger partial charge in [-0.1, -0.05) is 0 Å². The van der Waals surface area contributed by atoms with Crippen molar-refractivity contribution >= 4 is 39.4 Å². The number of aromatic nitrogens is 2. The zero-order valence-corrected chi connectivity index (χ0v) is 13.1. The van der Waals surface area contributed by atoms with Gasteiger partial charge in [0.2, 0.25) is 5.91 Å². The first-order valence-electron chi connectivity index (χ1n) is 6.25. The van der Waals surface area contributed by atoms with E-state index in [1.54, 1.807) is 25.3 Å². The van der Waals surface area contributed by atoms with Gasteiger partial charge >= 0.3 is 5.97 Å². The minimum absolute atomic E-state index is 0.201. The number of nitrogens with one attached hydrogen (secondary N) is 1. The van der Waals surface area contributed by atoms with Crippen LogP contribution in [0.2, 0.25) is 0 Å². The maximum Gasteiger partial charge on any atom is 0.326 e. The molecule has 0 spiro atoms. The van der Waals surface area contributed by atoms with Crippen molar-refractivity contribution in [3.05, 3.63) is 34.2 Å². The fourth-order valence-electron chi connectivity index (χ4n) is 2.04. The number of carboxylic acid groups (broad SMARTS) is 1. The lowest BCUT2D eigenvalue weighted by atomic mass is 10.2. The van der Waals surface area contributed by atoms with Gasteiger partial charge in [0.05, 0.1) is 12.1 Å². The number of carbonyl (C=O) groups is 3. The highest BCUT2D eigenvalue weighted by Gasteiger charge is 2.25. The smallest absolute Gasteiger partial charge is 0.326 e. The Balaban J connectivity index is 2.36. The predicted octanol–water partition coefficient (Wildman–Crippen LogP) is 0.464. The first kappa shape index (κ1) is 16.0. The zero-order chi connectivity index (χ0) is 16.4. The standard InChI is InChI=1S/C13H13BrN4O4/c1-6-11(18-5-7(14)2-3-10(18)16-6)12(20)17-8(13(21)22)4-9(15)19/h2-3,5,8H,4H2,1H3,(H2,15,19)(H,17,20)(H,21,22). The molecule has 0 aliphatic carbocycles. The van der Waals surface area contributed by atoms with Gasteiger partial charge in [0.1, 0.15) is 17.4 Å². The second-order valence-corrected chi connectivity index (χ2v) is 5.57. The third-order valence-corrected chi connectivity index (χ3v) is 3.45. The van der Waals surface area contributed by atoms with E-state index >= 15 is 0 Å². The van der Waals surface area contributed by atoms with Crippen molar-refractivity contribution in [1.82, 2.24) is 14.7 Å². The molecular weight excluding hydrogens is 356 g/mol. The van der Waals surface area contributed by atoms with Crippen molar-refractivity contribution in [3.8, 4) is 0 Å². The highest BCUT2D eigenvalue weighted by atomic mass is 79.9. The van der Waals surface area contributed by atoms with Crippen molar-refractivity contribution in [2.24, 2.45) is 5.73 Å². The van der Waals surface area contributed by atoms with Crippen LogP contribution in [-0.4, -0.2) is 38.3 Å². The summed E-state index contributed by atoms with van der Waals surface area (Å²) in [6.07, 6.45) is 1.16. The van der Waals surface area contributed by atoms with E-state index in [0.29, 0.717) is 11.3 Å². The second-order valence-electron chi connectivity index (χ2n) is 4.66. The maximum absolute atomic E-state index is 12.3. The molecule has 2 rings (SSSR count). The third-order valence-electron chi connectivity index (χ3n) is 2.98. The van der Waals surface area contributed by atoms with Crippen LogP contribution in [0.4, 0.5) is 0 Å². The predicted molar refractivity (Wildman–Crippen MR) is 80.3 cm³/mol. The van der Waals surface area contributed by atoms with Gasteiger partial charge < -0.3 is 16.2 Å². The van der Waals surface area contributed by atoms with Crippen molar-refractivity contribution < 1.29 is 19.5 Å². The number of hydrogen-bond acceptors (Lipinski definition) is 4. The summed E-state index contributed by atoms with van der Waals surface area (Å²) in [5, 5.41) is 11.3. The summed E-state index contributed by atoms with van der Waals surface area (Å²) in [5.41, 5.74) is 6.18. The van der Waals surface area contributed by atoms with Crippen molar-refractivity contribution in [3.63, 3.8) is 0 Å². The van der Waals surface area contributed by atoms with Gasteiger partial charge in [-0.2, -0.15) is 0 Å². The molecule has 0 aliphatic rings. The fourth-order valence-corrected chi connectivity index (χ4v) is 2.37. The average molecular weight is 369 g/mol. The number of pyridine rings is 1. The molecule has 2 aromatic heterocycles. The Morgan fingerprint density at radius 3 is 2.73 bits per heavy atom. The molecule has 0 radical (unpaired) electrons. The van der Waals surface area contributed by atoms with Gasteiger partial charge in [-0.15, -0.1) is 0 Å². The van der Waals surface area contributed by atoms with Gasteiger partial charge in [0, 0.05) is 10.7 Å². The molecule has 0 saturated heterocycles. The van der Waals surface area contributed by atoms with Gasteiger partial charge in [0.25, 0.3) is 5.91 Å². The Morgan fingerprint density at radius 1 is 1.45 bits per heavy atom. The normalized spacial score (nSPS) is 12.1. The number of nitrogens with two attached hydrogens (primary N) is 1. The van der Waals surface area contributed by atoms with Crippen molar-refractivity contribution in [1.29, 1.82) is 0 Å². The van der Waals surface area contributed by atoms with Crippen LogP contribution in [0.25, 0.3) is 5.65 Å². The molecule has 0 fully saturated rings. The Bertz CT molecular complexity index is 771. The van der Waals surface area contributed by atoms with E-state index in [2.05, 4.69) is 26.2 Å². The molecule has 0 aromatic carbocycles. The fraction of sp³-hybridized carbons (Fsp3) is 0.231. The molecule has 4 N–H and O–H groups in total. The number of rotatable bonds is 5. The first-order valence-corrected chi connectivity index (χ1v) is 7.05. The summed E-state index contributed by atoms with van der Waals surface area (Å²) >= 11 is 3.30. The average Bonchev–Trinajstić information content (AvgIpc) is 2.72. The van der Waals surface area contributed by atoms with Gasteiger partial charge in [-0.3, -0.25) is 14.0 Å². The maximum atomic E-state index is 12.3. The van der Waals surface area contributed by atoms with Crippen LogP contribution in [-0.2, 0) is 9.59 Å². The molecule has 9 heteroatoms. The SMILES string of the molecule is Cc1nc2ccc(Br)cn2c1C(=O)NC(CC(N)=O)C(=O)O. The summed E-state index contributed by atoms with van der Waals surface area (Å²) in [6, 6.07) is 2.10. The number of primary amides is 1. The van der Waals surface area contributed by atoms with Crippen LogP contribution < -0.4 is 11.1 Å².